The van der Waals surface area contributed by atoms with Gasteiger partial charge in [-0.3, -0.25) is 9.69 Å². The number of rotatable bonds is 7. The highest BCUT2D eigenvalue weighted by Gasteiger charge is 2.24. The molecule has 3 aromatic rings. The van der Waals surface area contributed by atoms with E-state index >= 15 is 0 Å². The van der Waals surface area contributed by atoms with Gasteiger partial charge in [0.05, 0.1) is 36.4 Å². The van der Waals surface area contributed by atoms with Gasteiger partial charge in [-0.15, -0.1) is 0 Å². The smallest absolute Gasteiger partial charge is 0.260 e. The second kappa shape index (κ2) is 9.23. The SMILES string of the molecule is CC[NH+](CC)CCN(C(=O)c1ccc2c(c1)CCCC2)c1nc2ccc(F)cc2s1. The molecule has 0 saturated carbocycles. The van der Waals surface area contributed by atoms with Crippen LogP contribution in [-0.2, 0) is 12.8 Å². The Bertz CT molecular complexity index is 1040. The molecule has 0 spiro atoms. The standard InChI is InChI=1S/C24H28FN3OS/c1-3-27(4-2)13-14-28(24-26-21-12-11-20(25)16-22(21)30-24)23(29)19-10-9-17-7-5-6-8-18(17)15-19/h9-12,15-16H,3-8,13-14H2,1-2H3/p+1. The lowest BCUT2D eigenvalue weighted by molar-refractivity contribution is -0.894. The van der Waals surface area contributed by atoms with E-state index in [0.717, 1.165) is 48.3 Å². The zero-order valence-electron chi connectivity index (χ0n) is 17.7. The number of aryl methyl sites for hydroxylation is 2. The van der Waals surface area contributed by atoms with Crippen molar-refractivity contribution in [1.82, 2.24) is 4.98 Å². The van der Waals surface area contributed by atoms with Crippen molar-refractivity contribution in [3.05, 3.63) is 58.9 Å². The normalized spacial score (nSPS) is 13.6. The maximum atomic E-state index is 13.7. The third kappa shape index (κ3) is 4.40. The van der Waals surface area contributed by atoms with Gasteiger partial charge in [-0.2, -0.15) is 0 Å². The fourth-order valence-electron chi connectivity index (χ4n) is 4.18. The van der Waals surface area contributed by atoms with Gasteiger partial charge in [0, 0.05) is 5.56 Å². The van der Waals surface area contributed by atoms with E-state index in [2.05, 4.69) is 31.0 Å². The fraction of sp³-hybridized carbons (Fsp3) is 0.417. The summed E-state index contributed by atoms with van der Waals surface area (Å²) in [5, 5.41) is 0.643. The Morgan fingerprint density at radius 1 is 1.10 bits per heavy atom. The molecule has 4 nitrogen and oxygen atoms in total. The van der Waals surface area contributed by atoms with Crippen LogP contribution in [0.15, 0.2) is 36.4 Å². The highest BCUT2D eigenvalue weighted by Crippen LogP contribution is 2.31. The molecule has 1 aromatic heterocycles. The number of hydrogen-bond donors (Lipinski definition) is 1. The van der Waals surface area contributed by atoms with Crippen molar-refractivity contribution in [2.45, 2.75) is 39.5 Å². The summed E-state index contributed by atoms with van der Waals surface area (Å²) in [5.41, 5.74) is 4.12. The van der Waals surface area contributed by atoms with Crippen molar-refractivity contribution in [3.63, 3.8) is 0 Å². The van der Waals surface area contributed by atoms with E-state index in [0.29, 0.717) is 11.7 Å². The lowest BCUT2D eigenvalue weighted by Gasteiger charge is -2.24. The molecule has 1 amide bonds. The number of halogens is 1. The van der Waals surface area contributed by atoms with Crippen molar-refractivity contribution in [2.75, 3.05) is 31.1 Å². The average Bonchev–Trinajstić information content (AvgIpc) is 3.18. The van der Waals surface area contributed by atoms with Gasteiger partial charge in [-0.1, -0.05) is 17.4 Å². The molecule has 1 N–H and O–H groups in total. The van der Waals surface area contributed by atoms with Crippen LogP contribution in [0.3, 0.4) is 0 Å². The number of likely N-dealkylation sites (N-methyl/N-ethyl adjacent to an activating group) is 1. The van der Waals surface area contributed by atoms with E-state index in [1.807, 2.05) is 6.07 Å². The van der Waals surface area contributed by atoms with Crippen LogP contribution in [0.5, 0.6) is 0 Å². The Morgan fingerprint density at radius 3 is 2.63 bits per heavy atom. The number of nitrogens with one attached hydrogen (secondary N) is 1. The van der Waals surface area contributed by atoms with Crippen LogP contribution in [0.2, 0.25) is 0 Å². The monoisotopic (exact) mass is 426 g/mol. The molecule has 0 radical (unpaired) electrons. The molecular weight excluding hydrogens is 397 g/mol. The van der Waals surface area contributed by atoms with Gasteiger partial charge in [0.15, 0.2) is 5.13 Å². The lowest BCUT2D eigenvalue weighted by atomic mass is 9.90. The van der Waals surface area contributed by atoms with Crippen molar-refractivity contribution < 1.29 is 14.1 Å². The molecule has 0 saturated heterocycles. The molecule has 0 fully saturated rings. The second-order valence-corrected chi connectivity index (χ2v) is 8.97. The number of anilines is 1. The number of quaternary nitrogens is 1. The van der Waals surface area contributed by atoms with Crippen LogP contribution in [0.4, 0.5) is 9.52 Å². The highest BCUT2D eigenvalue weighted by atomic mass is 32.1. The number of nitrogens with zero attached hydrogens (tertiary/aromatic N) is 2. The predicted molar refractivity (Wildman–Crippen MR) is 121 cm³/mol. The third-order valence-corrected chi connectivity index (χ3v) is 7.14. The summed E-state index contributed by atoms with van der Waals surface area (Å²) >= 11 is 1.38. The molecule has 6 heteroatoms. The van der Waals surface area contributed by atoms with E-state index < -0.39 is 0 Å². The molecule has 0 atom stereocenters. The van der Waals surface area contributed by atoms with E-state index in [-0.39, 0.29) is 11.7 Å². The number of aromatic nitrogens is 1. The first-order valence-electron chi connectivity index (χ1n) is 10.9. The Labute approximate surface area is 181 Å². The first kappa shape index (κ1) is 20.9. The fourth-order valence-corrected chi connectivity index (χ4v) is 5.20. The molecule has 4 rings (SSSR count). The van der Waals surface area contributed by atoms with Gasteiger partial charge in [0.1, 0.15) is 5.82 Å². The summed E-state index contributed by atoms with van der Waals surface area (Å²) < 4.78 is 14.4. The number of benzene rings is 2. The van der Waals surface area contributed by atoms with Gasteiger partial charge in [-0.05, 0) is 81.0 Å². The predicted octanol–water partition coefficient (Wildman–Crippen LogP) is 3.89. The number of hydrogen-bond acceptors (Lipinski definition) is 3. The van der Waals surface area contributed by atoms with Gasteiger partial charge in [0.2, 0.25) is 0 Å². The molecule has 0 bridgehead atoms. The van der Waals surface area contributed by atoms with Gasteiger partial charge in [0.25, 0.3) is 5.91 Å². The summed E-state index contributed by atoms with van der Waals surface area (Å²) in [7, 11) is 0. The molecule has 2 aromatic carbocycles. The maximum Gasteiger partial charge on any atom is 0.260 e. The molecule has 0 aliphatic heterocycles. The van der Waals surface area contributed by atoms with E-state index in [9.17, 15) is 9.18 Å². The average molecular weight is 427 g/mol. The van der Waals surface area contributed by atoms with Crippen molar-refractivity contribution in [2.24, 2.45) is 0 Å². The first-order valence-corrected chi connectivity index (χ1v) is 11.7. The molecular formula is C24H29FN3OS+. The quantitative estimate of drug-likeness (QED) is 0.623. The van der Waals surface area contributed by atoms with Crippen LogP contribution >= 0.6 is 11.3 Å². The van der Waals surface area contributed by atoms with Crippen molar-refractivity contribution in [1.29, 1.82) is 0 Å². The maximum absolute atomic E-state index is 13.7. The minimum atomic E-state index is -0.280. The first-order chi connectivity index (χ1) is 14.6. The zero-order chi connectivity index (χ0) is 21.1. The van der Waals surface area contributed by atoms with Crippen molar-refractivity contribution >= 4 is 32.6 Å². The highest BCUT2D eigenvalue weighted by molar-refractivity contribution is 7.22. The van der Waals surface area contributed by atoms with Gasteiger partial charge >= 0.3 is 0 Å². The van der Waals surface area contributed by atoms with E-state index in [1.54, 1.807) is 11.0 Å². The largest absolute Gasteiger partial charge is 0.334 e. The minimum absolute atomic E-state index is 0.0190. The van der Waals surface area contributed by atoms with Crippen molar-refractivity contribution in [3.8, 4) is 0 Å². The molecule has 1 aliphatic rings. The van der Waals surface area contributed by atoms with Crippen LogP contribution < -0.4 is 9.80 Å². The topological polar surface area (TPSA) is 37.6 Å². The van der Waals surface area contributed by atoms with Crippen LogP contribution in [0.1, 0.15) is 48.2 Å². The number of amides is 1. The zero-order valence-corrected chi connectivity index (χ0v) is 18.5. The summed E-state index contributed by atoms with van der Waals surface area (Å²) in [6.45, 7) is 7.80. The number of fused-ring (bicyclic) bond motifs is 2. The Balaban J connectivity index is 1.67. The number of thiazole rings is 1. The van der Waals surface area contributed by atoms with Crippen LogP contribution in [-0.4, -0.2) is 37.1 Å². The number of carbonyl (C=O) groups is 1. The van der Waals surface area contributed by atoms with Crippen LogP contribution in [0, 0.1) is 5.82 Å². The van der Waals surface area contributed by atoms with Gasteiger partial charge < -0.3 is 4.90 Å². The molecule has 158 valence electrons. The lowest BCUT2D eigenvalue weighted by Crippen LogP contribution is -3.12. The molecule has 30 heavy (non-hydrogen) atoms. The third-order valence-electron chi connectivity index (χ3n) is 6.10. The van der Waals surface area contributed by atoms with E-state index in [4.69, 9.17) is 0 Å². The second-order valence-electron chi connectivity index (χ2n) is 7.96. The minimum Gasteiger partial charge on any atom is -0.334 e. The van der Waals surface area contributed by atoms with Crippen LogP contribution in [0.25, 0.3) is 10.2 Å². The number of carbonyl (C=O) groups excluding carboxylic acids is 1. The Hall–Kier alpha value is -2.31. The van der Waals surface area contributed by atoms with E-state index in [1.165, 1.54) is 52.3 Å². The summed E-state index contributed by atoms with van der Waals surface area (Å²) in [5.74, 6) is -0.299. The molecule has 1 aliphatic carbocycles. The molecule has 1 heterocycles. The Kier molecular flexibility index (Phi) is 6.44. The molecule has 0 unspecified atom stereocenters. The summed E-state index contributed by atoms with van der Waals surface area (Å²) in [4.78, 5) is 21.5. The summed E-state index contributed by atoms with van der Waals surface area (Å²) in [6, 6.07) is 10.7. The Morgan fingerprint density at radius 2 is 1.87 bits per heavy atom. The summed E-state index contributed by atoms with van der Waals surface area (Å²) in [6.07, 6.45) is 4.55. The van der Waals surface area contributed by atoms with Gasteiger partial charge in [-0.25, -0.2) is 9.37 Å².